The highest BCUT2D eigenvalue weighted by Gasteiger charge is 2.61. The maximum absolute atomic E-state index is 5.91. The van der Waals surface area contributed by atoms with Gasteiger partial charge in [0.05, 0.1) is 6.10 Å². The van der Waals surface area contributed by atoms with Crippen molar-refractivity contribution in [3.8, 4) is 0 Å². The quantitative estimate of drug-likeness (QED) is 0.437. The molecule has 0 aliphatic heterocycles. The van der Waals surface area contributed by atoms with Gasteiger partial charge in [-0.3, -0.25) is 0 Å². The molecular weight excluding hydrogens is 352 g/mol. The first-order valence-corrected chi connectivity index (χ1v) is 12.8. The van der Waals surface area contributed by atoms with Crippen LogP contribution in [0.15, 0.2) is 11.6 Å². The van der Waals surface area contributed by atoms with Gasteiger partial charge in [-0.25, -0.2) is 0 Å². The molecule has 3 fully saturated rings. The number of hydrogen-bond acceptors (Lipinski definition) is 1. The molecule has 0 heterocycles. The standard InChI is InChI=1S/C28H48O/c1-18(2)17-23-20-9-10-25-27(6)16-13-24(29-8)19(3)21(27)12-15-28(25,7)22(20)11-14-26(23,4)5/h9,18-19,21-25H,10-17H2,1-8H3. The molecule has 1 nitrogen and oxygen atoms in total. The number of methoxy groups -OCH3 is 1. The summed E-state index contributed by atoms with van der Waals surface area (Å²) in [5.74, 6) is 4.86. The van der Waals surface area contributed by atoms with Gasteiger partial charge >= 0.3 is 0 Å². The summed E-state index contributed by atoms with van der Waals surface area (Å²) >= 11 is 0. The maximum atomic E-state index is 5.91. The van der Waals surface area contributed by atoms with Crippen LogP contribution in [0.25, 0.3) is 0 Å². The molecule has 8 atom stereocenters. The Kier molecular flexibility index (Phi) is 5.58. The Balaban J connectivity index is 1.69. The minimum absolute atomic E-state index is 0.474. The fraction of sp³-hybridized carbons (Fsp3) is 0.929. The summed E-state index contributed by atoms with van der Waals surface area (Å²) in [5.41, 5.74) is 3.38. The van der Waals surface area contributed by atoms with Crippen LogP contribution in [0, 0.1) is 51.8 Å². The summed E-state index contributed by atoms with van der Waals surface area (Å²) in [6.45, 7) is 17.8. The van der Waals surface area contributed by atoms with Gasteiger partial charge in [0.15, 0.2) is 0 Å². The molecule has 0 amide bonds. The normalized spacial score (nSPS) is 49.1. The highest BCUT2D eigenvalue weighted by molar-refractivity contribution is 5.27. The van der Waals surface area contributed by atoms with Crippen LogP contribution in [0.4, 0.5) is 0 Å². The van der Waals surface area contributed by atoms with E-state index in [0.29, 0.717) is 28.3 Å². The second-order valence-electron chi connectivity index (χ2n) is 13.1. The van der Waals surface area contributed by atoms with Gasteiger partial charge in [-0.05, 0) is 103 Å². The monoisotopic (exact) mass is 400 g/mol. The minimum atomic E-state index is 0.474. The van der Waals surface area contributed by atoms with Crippen LogP contribution in [-0.4, -0.2) is 13.2 Å². The summed E-state index contributed by atoms with van der Waals surface area (Å²) in [6.07, 6.45) is 14.3. The van der Waals surface area contributed by atoms with E-state index in [1.807, 2.05) is 12.7 Å². The summed E-state index contributed by atoms with van der Waals surface area (Å²) in [5, 5.41) is 0. The van der Waals surface area contributed by atoms with E-state index in [1.54, 1.807) is 0 Å². The van der Waals surface area contributed by atoms with Crippen molar-refractivity contribution in [3.05, 3.63) is 11.6 Å². The maximum Gasteiger partial charge on any atom is 0.0599 e. The van der Waals surface area contributed by atoms with Gasteiger partial charge in [0.1, 0.15) is 0 Å². The fourth-order valence-corrected chi connectivity index (χ4v) is 9.20. The zero-order valence-corrected chi connectivity index (χ0v) is 20.7. The van der Waals surface area contributed by atoms with E-state index >= 15 is 0 Å². The van der Waals surface area contributed by atoms with Crippen LogP contribution >= 0.6 is 0 Å². The van der Waals surface area contributed by atoms with Gasteiger partial charge < -0.3 is 4.74 Å². The van der Waals surface area contributed by atoms with Crippen molar-refractivity contribution in [2.45, 2.75) is 106 Å². The molecule has 0 aromatic carbocycles. The van der Waals surface area contributed by atoms with E-state index in [1.165, 1.54) is 51.4 Å². The molecule has 0 aromatic rings. The number of fused-ring (bicyclic) bond motifs is 5. The lowest BCUT2D eigenvalue weighted by atomic mass is 9.39. The lowest BCUT2D eigenvalue weighted by Crippen LogP contribution is -2.59. The van der Waals surface area contributed by atoms with Crippen molar-refractivity contribution in [1.82, 2.24) is 0 Å². The summed E-state index contributed by atoms with van der Waals surface area (Å²) in [7, 11) is 1.94. The van der Waals surface area contributed by atoms with Crippen LogP contribution in [0.5, 0.6) is 0 Å². The number of allylic oxidation sites excluding steroid dienone is 2. The molecular formula is C28H48O. The minimum Gasteiger partial charge on any atom is -0.381 e. The molecule has 8 unspecified atom stereocenters. The van der Waals surface area contributed by atoms with Crippen molar-refractivity contribution in [1.29, 1.82) is 0 Å². The Labute approximate surface area is 181 Å². The molecule has 4 aliphatic rings. The van der Waals surface area contributed by atoms with E-state index in [0.717, 1.165) is 29.6 Å². The first kappa shape index (κ1) is 21.9. The molecule has 4 rings (SSSR count). The Morgan fingerprint density at radius 1 is 1.00 bits per heavy atom. The topological polar surface area (TPSA) is 9.23 Å². The van der Waals surface area contributed by atoms with Gasteiger partial charge in [-0.2, -0.15) is 0 Å². The molecule has 0 radical (unpaired) electrons. The Bertz CT molecular complexity index is 645. The predicted octanol–water partition coefficient (Wildman–Crippen LogP) is 7.90. The van der Waals surface area contributed by atoms with E-state index in [-0.39, 0.29) is 0 Å². The zero-order valence-electron chi connectivity index (χ0n) is 20.7. The highest BCUT2D eigenvalue weighted by Crippen LogP contribution is 2.69. The molecule has 166 valence electrons. The van der Waals surface area contributed by atoms with Gasteiger partial charge in [-0.15, -0.1) is 0 Å². The summed E-state index contributed by atoms with van der Waals surface area (Å²) in [6, 6.07) is 0. The number of hydrogen-bond donors (Lipinski definition) is 0. The molecule has 0 aromatic heterocycles. The third-order valence-electron chi connectivity index (χ3n) is 10.8. The lowest BCUT2D eigenvalue weighted by molar-refractivity contribution is -0.158. The molecule has 0 N–H and O–H groups in total. The van der Waals surface area contributed by atoms with E-state index in [2.05, 4.69) is 54.5 Å². The molecule has 0 bridgehead atoms. The van der Waals surface area contributed by atoms with E-state index < -0.39 is 0 Å². The SMILES string of the molecule is COC1CCC2(C)C(CCC3(C)C4CCC(C)(C)C(CC(C)C)C4=CCC32)C1C. The number of rotatable bonds is 3. The van der Waals surface area contributed by atoms with Crippen LogP contribution in [0.1, 0.15) is 99.8 Å². The molecule has 4 aliphatic carbocycles. The first-order valence-electron chi connectivity index (χ1n) is 12.8. The van der Waals surface area contributed by atoms with Crippen LogP contribution < -0.4 is 0 Å². The van der Waals surface area contributed by atoms with Gasteiger partial charge in [-0.1, -0.05) is 60.1 Å². The largest absolute Gasteiger partial charge is 0.381 e. The van der Waals surface area contributed by atoms with Gasteiger partial charge in [0.25, 0.3) is 0 Å². The third-order valence-corrected chi connectivity index (χ3v) is 10.8. The van der Waals surface area contributed by atoms with Crippen molar-refractivity contribution >= 4 is 0 Å². The van der Waals surface area contributed by atoms with Crippen molar-refractivity contribution < 1.29 is 4.74 Å². The van der Waals surface area contributed by atoms with E-state index in [9.17, 15) is 0 Å². The highest BCUT2D eigenvalue weighted by atomic mass is 16.5. The Hall–Kier alpha value is -0.300. The molecule has 3 saturated carbocycles. The Morgan fingerprint density at radius 2 is 1.69 bits per heavy atom. The summed E-state index contributed by atoms with van der Waals surface area (Å²) < 4.78 is 5.91. The van der Waals surface area contributed by atoms with Gasteiger partial charge in [0.2, 0.25) is 0 Å². The molecule has 1 heteroatoms. The third kappa shape index (κ3) is 3.28. The summed E-state index contributed by atoms with van der Waals surface area (Å²) in [4.78, 5) is 0. The molecule has 29 heavy (non-hydrogen) atoms. The second-order valence-corrected chi connectivity index (χ2v) is 13.1. The van der Waals surface area contributed by atoms with Crippen molar-refractivity contribution in [3.63, 3.8) is 0 Å². The fourth-order valence-electron chi connectivity index (χ4n) is 9.20. The van der Waals surface area contributed by atoms with Crippen molar-refractivity contribution in [2.24, 2.45) is 51.8 Å². The number of ether oxygens (including phenoxy) is 1. The lowest BCUT2D eigenvalue weighted by Gasteiger charge is -2.66. The van der Waals surface area contributed by atoms with Crippen LogP contribution in [-0.2, 0) is 4.74 Å². The smallest absolute Gasteiger partial charge is 0.0599 e. The van der Waals surface area contributed by atoms with Crippen LogP contribution in [0.3, 0.4) is 0 Å². The van der Waals surface area contributed by atoms with Crippen molar-refractivity contribution in [2.75, 3.05) is 7.11 Å². The average molecular weight is 401 g/mol. The molecule has 0 saturated heterocycles. The predicted molar refractivity (Wildman–Crippen MR) is 124 cm³/mol. The zero-order chi connectivity index (χ0) is 21.2. The Morgan fingerprint density at radius 3 is 2.34 bits per heavy atom. The van der Waals surface area contributed by atoms with E-state index in [4.69, 9.17) is 4.74 Å². The van der Waals surface area contributed by atoms with Crippen LogP contribution in [0.2, 0.25) is 0 Å². The second kappa shape index (κ2) is 7.39. The first-order chi connectivity index (χ1) is 13.5. The molecule has 0 spiro atoms. The average Bonchev–Trinajstić information content (AvgIpc) is 2.63. The van der Waals surface area contributed by atoms with Gasteiger partial charge in [0, 0.05) is 7.11 Å².